The van der Waals surface area contributed by atoms with Crippen molar-refractivity contribution in [1.29, 1.82) is 0 Å². The minimum atomic E-state index is -0.554. The average Bonchev–Trinajstić information content (AvgIpc) is 2.55. The summed E-state index contributed by atoms with van der Waals surface area (Å²) in [7, 11) is 0. The maximum atomic E-state index is 11.1. The number of unbranched alkanes of at least 4 members (excludes halogenated alkanes) is 8. The molecule has 5 nitrogen and oxygen atoms in total. The fraction of sp³-hybridized carbons (Fsp3) is 0.789. The molecule has 2 amide bonds. The maximum absolute atomic E-state index is 11.1. The molecule has 6 heteroatoms. The molecule has 0 fully saturated rings. The first-order valence-corrected chi connectivity index (χ1v) is 9.43. The Kier molecular flexibility index (Phi) is 27.8. The number of rotatable bonds is 14. The van der Waals surface area contributed by atoms with Crippen molar-refractivity contribution in [3.8, 4) is 0 Å². The molecule has 0 rings (SSSR count). The number of carbonyl (C=O) groups is 2. The molecular formula is C19H40N3NaO2. The van der Waals surface area contributed by atoms with Crippen molar-refractivity contribution < 1.29 is 40.6 Å². The van der Waals surface area contributed by atoms with Crippen molar-refractivity contribution >= 4 is 11.8 Å². The molecule has 0 radical (unpaired) electrons. The smallest absolute Gasteiger partial charge is 1.00 e. The molecule has 0 aromatic rings. The van der Waals surface area contributed by atoms with Crippen molar-refractivity contribution in [1.82, 2.24) is 0 Å². The maximum Gasteiger partial charge on any atom is 1.00 e. The van der Waals surface area contributed by atoms with Crippen LogP contribution in [0.5, 0.6) is 0 Å². The summed E-state index contributed by atoms with van der Waals surface area (Å²) in [4.78, 5) is 21.9. The summed E-state index contributed by atoms with van der Waals surface area (Å²) in [5.41, 5.74) is 15.3. The first-order chi connectivity index (χ1) is 11.5. The average molecular weight is 366 g/mol. The van der Waals surface area contributed by atoms with E-state index >= 15 is 0 Å². The van der Waals surface area contributed by atoms with Gasteiger partial charge in [0.05, 0.1) is 5.92 Å². The van der Waals surface area contributed by atoms with E-state index in [1.54, 1.807) is 6.08 Å². The molecule has 1 unspecified atom stereocenters. The van der Waals surface area contributed by atoms with Crippen LogP contribution >= 0.6 is 0 Å². The van der Waals surface area contributed by atoms with E-state index in [0.29, 0.717) is 0 Å². The van der Waals surface area contributed by atoms with E-state index in [0.717, 1.165) is 25.8 Å². The Labute approximate surface area is 178 Å². The Bertz CT molecular complexity index is 341. The first-order valence-electron chi connectivity index (χ1n) is 9.43. The minimum Gasteiger partial charge on any atom is -1.00 e. The van der Waals surface area contributed by atoms with Gasteiger partial charge in [0.25, 0.3) is 0 Å². The fourth-order valence-electron chi connectivity index (χ4n) is 2.14. The molecule has 0 bridgehead atoms. The molecule has 0 saturated heterocycles. The third kappa shape index (κ3) is 26.0. The van der Waals surface area contributed by atoms with Crippen LogP contribution in [0.25, 0.3) is 0 Å². The summed E-state index contributed by atoms with van der Waals surface area (Å²) >= 11 is 0. The summed E-state index contributed by atoms with van der Waals surface area (Å²) in [6.45, 7) is 5.10. The number of carbonyl (C=O) groups excluding carboxylic acids is 2. The van der Waals surface area contributed by atoms with Crippen LogP contribution in [-0.2, 0) is 9.59 Å². The number of nitrogens with two attached hydrogens (primary N) is 3. The van der Waals surface area contributed by atoms with E-state index in [2.05, 4.69) is 13.8 Å². The van der Waals surface area contributed by atoms with E-state index < -0.39 is 17.7 Å². The molecule has 6 N–H and O–H groups in total. The number of allylic oxidation sites excluding steroid dienone is 1. The summed E-state index contributed by atoms with van der Waals surface area (Å²) < 4.78 is 0. The first kappa shape index (κ1) is 29.4. The second kappa shape index (κ2) is 23.6. The Morgan fingerprint density at radius 2 is 1.40 bits per heavy atom. The minimum absolute atomic E-state index is 0. The van der Waals surface area contributed by atoms with Gasteiger partial charge < -0.3 is 18.6 Å². The number of hydrogen-bond donors (Lipinski definition) is 3. The molecule has 0 heterocycles. The molecule has 1 atom stereocenters. The van der Waals surface area contributed by atoms with Crippen LogP contribution in [0, 0.1) is 5.92 Å². The summed E-state index contributed by atoms with van der Waals surface area (Å²) in [6.07, 6.45) is 15.9. The van der Waals surface area contributed by atoms with Crippen molar-refractivity contribution in [3.05, 3.63) is 12.2 Å². The fourth-order valence-corrected chi connectivity index (χ4v) is 2.14. The molecule has 0 aromatic heterocycles. The molecule has 144 valence electrons. The normalized spacial score (nSPS) is 11.3. The quantitative estimate of drug-likeness (QED) is 0.237. The van der Waals surface area contributed by atoms with Crippen LogP contribution in [0.2, 0.25) is 0 Å². The molecule has 0 aliphatic carbocycles. The number of primary amides is 2. The van der Waals surface area contributed by atoms with Crippen LogP contribution in [0.15, 0.2) is 12.2 Å². The van der Waals surface area contributed by atoms with Crippen molar-refractivity contribution in [2.24, 2.45) is 23.1 Å². The number of hydrogen-bond acceptors (Lipinski definition) is 3. The van der Waals surface area contributed by atoms with Gasteiger partial charge in [0.1, 0.15) is 0 Å². The van der Waals surface area contributed by atoms with Crippen molar-refractivity contribution in [3.63, 3.8) is 0 Å². The van der Waals surface area contributed by atoms with Gasteiger partial charge in [-0.3, -0.25) is 9.59 Å². The zero-order valence-corrected chi connectivity index (χ0v) is 18.8. The molecule has 0 spiro atoms. The van der Waals surface area contributed by atoms with Gasteiger partial charge >= 0.3 is 29.6 Å². The summed E-state index contributed by atoms with van der Waals surface area (Å²) in [5.74, 6) is -1.54. The number of amides is 2. The molecule has 25 heavy (non-hydrogen) atoms. The third-order valence-corrected chi connectivity index (χ3v) is 3.67. The summed E-state index contributed by atoms with van der Waals surface area (Å²) in [5, 5.41) is 0. The zero-order valence-electron chi connectivity index (χ0n) is 17.8. The van der Waals surface area contributed by atoms with Gasteiger partial charge in [-0.05, 0) is 25.8 Å². The molecule has 0 aromatic carbocycles. The second-order valence-corrected chi connectivity index (χ2v) is 6.16. The van der Waals surface area contributed by atoms with Gasteiger partial charge in [0.2, 0.25) is 11.8 Å². The molecule has 0 saturated carbocycles. The topological polar surface area (TPSA) is 112 Å². The van der Waals surface area contributed by atoms with Crippen LogP contribution in [0.3, 0.4) is 0 Å². The van der Waals surface area contributed by atoms with Crippen LogP contribution in [0.1, 0.15) is 85.9 Å². The van der Waals surface area contributed by atoms with E-state index in [9.17, 15) is 9.59 Å². The van der Waals surface area contributed by atoms with Crippen LogP contribution in [0.4, 0.5) is 0 Å². The third-order valence-electron chi connectivity index (χ3n) is 3.67. The Morgan fingerprint density at radius 3 is 1.80 bits per heavy atom. The van der Waals surface area contributed by atoms with E-state index in [1.807, 2.05) is 6.08 Å². The van der Waals surface area contributed by atoms with E-state index in [-0.39, 0.29) is 37.4 Å². The van der Waals surface area contributed by atoms with Gasteiger partial charge in [-0.1, -0.05) is 70.9 Å². The SMILES string of the molecule is CCCCCCCCCCC=CC(CC(N)=O)C(N)=O.CCCN.[H-].[Na+]. The largest absolute Gasteiger partial charge is 1.00 e. The van der Waals surface area contributed by atoms with Crippen LogP contribution < -0.4 is 46.8 Å². The van der Waals surface area contributed by atoms with Gasteiger partial charge in [-0.15, -0.1) is 0 Å². The van der Waals surface area contributed by atoms with E-state index in [1.165, 1.54) is 44.9 Å². The Hall–Kier alpha value is -0.360. The van der Waals surface area contributed by atoms with Gasteiger partial charge in [-0.25, -0.2) is 0 Å². The van der Waals surface area contributed by atoms with Crippen LogP contribution in [-0.4, -0.2) is 18.4 Å². The predicted molar refractivity (Wildman–Crippen MR) is 103 cm³/mol. The monoisotopic (exact) mass is 365 g/mol. The van der Waals surface area contributed by atoms with Gasteiger partial charge in [-0.2, -0.15) is 0 Å². The Balaban J connectivity index is -0.000000363. The second-order valence-electron chi connectivity index (χ2n) is 6.16. The van der Waals surface area contributed by atoms with Crippen molar-refractivity contribution in [2.45, 2.75) is 84.5 Å². The van der Waals surface area contributed by atoms with Crippen molar-refractivity contribution in [2.75, 3.05) is 6.54 Å². The van der Waals surface area contributed by atoms with E-state index in [4.69, 9.17) is 17.2 Å². The van der Waals surface area contributed by atoms with Gasteiger partial charge in [0, 0.05) is 6.42 Å². The Morgan fingerprint density at radius 1 is 0.920 bits per heavy atom. The predicted octanol–water partition coefficient (Wildman–Crippen LogP) is 0.522. The molecule has 0 aliphatic rings. The molecular weight excluding hydrogens is 325 g/mol. The summed E-state index contributed by atoms with van der Waals surface area (Å²) in [6, 6.07) is 0. The zero-order chi connectivity index (χ0) is 18.6. The standard InChI is InChI=1S/C16H30N2O2.C3H9N.Na.H/c1-2-3-4-5-6-7-8-9-10-11-12-14(16(18)20)13-15(17)19;1-2-3-4;;/h11-12,14H,2-10,13H2,1H3,(H2,17,19)(H2,18,20);2-4H2,1H3;;/q;;+1;-1. The van der Waals surface area contributed by atoms with Gasteiger partial charge in [0.15, 0.2) is 0 Å². The molecule has 0 aliphatic heterocycles.